The molecule has 4 rings (SSSR count). The van der Waals surface area contributed by atoms with Gasteiger partial charge in [0.25, 0.3) is 5.91 Å². The zero-order chi connectivity index (χ0) is 18.3. The van der Waals surface area contributed by atoms with E-state index < -0.39 is 5.91 Å². The molecule has 0 unspecified atom stereocenters. The van der Waals surface area contributed by atoms with Crippen LogP contribution in [0.1, 0.15) is 35.7 Å². The molecule has 0 saturated heterocycles. The highest BCUT2D eigenvalue weighted by Gasteiger charge is 2.14. The van der Waals surface area contributed by atoms with E-state index in [1.165, 1.54) is 11.8 Å². The fourth-order valence-electron chi connectivity index (χ4n) is 3.24. The topological polar surface area (TPSA) is 77.8 Å². The average Bonchev–Trinajstić information content (AvgIpc) is 3.05. The monoisotopic (exact) mass is 345 g/mol. The molecule has 2 aromatic heterocycles. The van der Waals surface area contributed by atoms with Gasteiger partial charge in [0.2, 0.25) is 5.43 Å². The van der Waals surface area contributed by atoms with Crippen LogP contribution in [-0.2, 0) is 0 Å². The predicted molar refractivity (Wildman–Crippen MR) is 105 cm³/mol. The molecule has 0 aliphatic rings. The lowest BCUT2D eigenvalue weighted by atomic mass is 10.0. The Morgan fingerprint density at radius 3 is 2.54 bits per heavy atom. The zero-order valence-electron chi connectivity index (χ0n) is 14.6. The summed E-state index contributed by atoms with van der Waals surface area (Å²) in [7, 11) is 0. The fourth-order valence-corrected chi connectivity index (χ4v) is 3.24. The van der Waals surface area contributed by atoms with Crippen molar-refractivity contribution >= 4 is 33.4 Å². The van der Waals surface area contributed by atoms with Crippen LogP contribution in [0.15, 0.2) is 59.7 Å². The van der Waals surface area contributed by atoms with Crippen molar-refractivity contribution in [3.05, 3.63) is 76.2 Å². The van der Waals surface area contributed by atoms with E-state index in [0.29, 0.717) is 22.5 Å². The molecule has 2 aromatic carbocycles. The van der Waals surface area contributed by atoms with Gasteiger partial charge in [-0.15, -0.1) is 0 Å². The Hall–Kier alpha value is -3.34. The third-order valence-corrected chi connectivity index (χ3v) is 4.63. The zero-order valence-corrected chi connectivity index (χ0v) is 14.6. The number of carbonyl (C=O) groups is 1. The molecule has 0 radical (unpaired) electrons. The summed E-state index contributed by atoms with van der Waals surface area (Å²) < 4.78 is 0. The number of benzene rings is 2. The lowest BCUT2D eigenvalue weighted by Gasteiger charge is -2.07. The lowest BCUT2D eigenvalue weighted by Crippen LogP contribution is -2.21. The quantitative estimate of drug-likeness (QED) is 0.515. The number of anilines is 1. The molecule has 4 aromatic rings. The first-order chi connectivity index (χ1) is 12.5. The second kappa shape index (κ2) is 6.19. The summed E-state index contributed by atoms with van der Waals surface area (Å²) >= 11 is 0. The SMILES string of the molecule is CC(C)c1c[nH]c2cc(NC(=O)c3c[nH]c4ccccc4c3=O)ccc12. The summed E-state index contributed by atoms with van der Waals surface area (Å²) in [6, 6.07) is 12.9. The standard InChI is InChI=1S/C21H19N3O2/c1-12(2)16-10-23-19-9-13(7-8-14(16)19)24-21(26)17-11-22-18-6-4-3-5-15(18)20(17)25/h3-12,23H,1-2H3,(H,22,25)(H,24,26). The van der Waals surface area contributed by atoms with Crippen molar-refractivity contribution in [1.29, 1.82) is 0 Å². The summed E-state index contributed by atoms with van der Waals surface area (Å²) in [5, 5.41) is 4.46. The Balaban J connectivity index is 1.67. The molecule has 0 bridgehead atoms. The van der Waals surface area contributed by atoms with E-state index in [1.807, 2.05) is 36.5 Å². The maximum absolute atomic E-state index is 12.6. The first kappa shape index (κ1) is 16.1. The van der Waals surface area contributed by atoms with Gasteiger partial charge in [0.15, 0.2) is 0 Å². The summed E-state index contributed by atoms with van der Waals surface area (Å²) in [6.45, 7) is 4.29. The Kier molecular flexibility index (Phi) is 3.84. The number of nitrogens with one attached hydrogen (secondary N) is 3. The minimum atomic E-state index is -0.424. The van der Waals surface area contributed by atoms with Crippen LogP contribution in [0.4, 0.5) is 5.69 Å². The Morgan fingerprint density at radius 2 is 1.73 bits per heavy atom. The van der Waals surface area contributed by atoms with Crippen molar-refractivity contribution in [3.63, 3.8) is 0 Å². The van der Waals surface area contributed by atoms with Gasteiger partial charge in [-0.05, 0) is 35.7 Å². The highest BCUT2D eigenvalue weighted by Crippen LogP contribution is 2.27. The van der Waals surface area contributed by atoms with E-state index >= 15 is 0 Å². The summed E-state index contributed by atoms with van der Waals surface area (Å²) in [5.41, 5.74) is 3.37. The number of carbonyl (C=O) groups excluding carboxylic acids is 1. The molecular weight excluding hydrogens is 326 g/mol. The van der Waals surface area contributed by atoms with E-state index in [2.05, 4.69) is 29.1 Å². The number of para-hydroxylation sites is 1. The molecule has 26 heavy (non-hydrogen) atoms. The van der Waals surface area contributed by atoms with Crippen molar-refractivity contribution in [2.24, 2.45) is 0 Å². The fraction of sp³-hybridized carbons (Fsp3) is 0.143. The Morgan fingerprint density at radius 1 is 0.962 bits per heavy atom. The molecule has 0 aliphatic carbocycles. The molecule has 5 heteroatoms. The van der Waals surface area contributed by atoms with Crippen LogP contribution >= 0.6 is 0 Å². The molecule has 5 nitrogen and oxygen atoms in total. The largest absolute Gasteiger partial charge is 0.361 e. The number of pyridine rings is 1. The maximum Gasteiger partial charge on any atom is 0.261 e. The number of fused-ring (bicyclic) bond motifs is 2. The van der Waals surface area contributed by atoms with Gasteiger partial charge >= 0.3 is 0 Å². The van der Waals surface area contributed by atoms with Gasteiger partial charge in [-0.3, -0.25) is 9.59 Å². The number of rotatable bonds is 3. The average molecular weight is 345 g/mol. The van der Waals surface area contributed by atoms with Crippen molar-refractivity contribution in [3.8, 4) is 0 Å². The van der Waals surface area contributed by atoms with Crippen molar-refractivity contribution in [1.82, 2.24) is 9.97 Å². The highest BCUT2D eigenvalue weighted by atomic mass is 16.2. The van der Waals surface area contributed by atoms with E-state index in [1.54, 1.807) is 12.1 Å². The van der Waals surface area contributed by atoms with Crippen LogP contribution in [-0.4, -0.2) is 15.9 Å². The van der Waals surface area contributed by atoms with Crippen LogP contribution in [0, 0.1) is 0 Å². The van der Waals surface area contributed by atoms with Gasteiger partial charge in [0.05, 0.1) is 0 Å². The van der Waals surface area contributed by atoms with Crippen LogP contribution in [0.25, 0.3) is 21.8 Å². The molecule has 1 amide bonds. The molecule has 130 valence electrons. The third kappa shape index (κ3) is 2.67. The number of aromatic nitrogens is 2. The van der Waals surface area contributed by atoms with Gasteiger partial charge in [-0.2, -0.15) is 0 Å². The van der Waals surface area contributed by atoms with Crippen LogP contribution in [0.3, 0.4) is 0 Å². The van der Waals surface area contributed by atoms with E-state index in [-0.39, 0.29) is 11.0 Å². The minimum absolute atomic E-state index is 0.0955. The second-order valence-electron chi connectivity index (χ2n) is 6.69. The summed E-state index contributed by atoms with van der Waals surface area (Å²) in [5.74, 6) is -0.00709. The predicted octanol–water partition coefficient (Wildman–Crippen LogP) is 4.39. The first-order valence-corrected chi connectivity index (χ1v) is 8.57. The Bertz CT molecular complexity index is 1180. The van der Waals surface area contributed by atoms with Crippen molar-refractivity contribution < 1.29 is 4.79 Å². The normalized spacial score (nSPS) is 11.3. The smallest absolute Gasteiger partial charge is 0.261 e. The van der Waals surface area contributed by atoms with Gasteiger partial charge in [-0.25, -0.2) is 0 Å². The van der Waals surface area contributed by atoms with E-state index in [0.717, 1.165) is 10.9 Å². The van der Waals surface area contributed by atoms with Crippen molar-refractivity contribution in [2.45, 2.75) is 19.8 Å². The molecular formula is C21H19N3O2. The summed E-state index contributed by atoms with van der Waals surface area (Å²) in [6.07, 6.45) is 3.46. The molecule has 0 aliphatic heterocycles. The van der Waals surface area contributed by atoms with E-state index in [4.69, 9.17) is 0 Å². The second-order valence-corrected chi connectivity index (χ2v) is 6.69. The molecule has 3 N–H and O–H groups in total. The maximum atomic E-state index is 12.6. The number of aromatic amines is 2. The molecule has 0 spiro atoms. The molecule has 0 fully saturated rings. The van der Waals surface area contributed by atoms with Gasteiger partial charge in [-0.1, -0.05) is 32.0 Å². The highest BCUT2D eigenvalue weighted by molar-refractivity contribution is 6.06. The number of H-pyrrole nitrogens is 2. The first-order valence-electron chi connectivity index (χ1n) is 8.57. The molecule has 2 heterocycles. The van der Waals surface area contributed by atoms with Gasteiger partial charge < -0.3 is 15.3 Å². The third-order valence-electron chi connectivity index (χ3n) is 4.63. The van der Waals surface area contributed by atoms with Crippen molar-refractivity contribution in [2.75, 3.05) is 5.32 Å². The molecule has 0 saturated carbocycles. The number of amides is 1. The number of hydrogen-bond donors (Lipinski definition) is 3. The molecule has 0 atom stereocenters. The van der Waals surface area contributed by atoms with Gasteiger partial charge in [0, 0.05) is 39.9 Å². The van der Waals surface area contributed by atoms with Crippen LogP contribution < -0.4 is 10.7 Å². The lowest BCUT2D eigenvalue weighted by molar-refractivity contribution is 0.102. The van der Waals surface area contributed by atoms with Gasteiger partial charge in [0.1, 0.15) is 5.56 Å². The minimum Gasteiger partial charge on any atom is -0.361 e. The summed E-state index contributed by atoms with van der Waals surface area (Å²) in [4.78, 5) is 31.4. The number of hydrogen-bond acceptors (Lipinski definition) is 2. The van der Waals surface area contributed by atoms with Crippen LogP contribution in [0.5, 0.6) is 0 Å². The van der Waals surface area contributed by atoms with Crippen LogP contribution in [0.2, 0.25) is 0 Å². The van der Waals surface area contributed by atoms with E-state index in [9.17, 15) is 9.59 Å². The Labute approximate surface area is 150 Å².